The van der Waals surface area contributed by atoms with Crippen LogP contribution in [0.3, 0.4) is 0 Å². The molecule has 3 atom stereocenters. The van der Waals surface area contributed by atoms with Crippen molar-refractivity contribution in [2.24, 2.45) is 60.8 Å². The molecule has 288 valence electrons. The highest BCUT2D eigenvalue weighted by Gasteiger charge is 2.14. The van der Waals surface area contributed by atoms with Crippen molar-refractivity contribution in [1.29, 1.82) is 0 Å². The van der Waals surface area contributed by atoms with Crippen LogP contribution in [0.5, 0.6) is 0 Å². The number of benzene rings is 3. The third-order valence-electron chi connectivity index (χ3n) is 6.08. The van der Waals surface area contributed by atoms with Gasteiger partial charge in [-0.25, -0.2) is 15.0 Å². The van der Waals surface area contributed by atoms with Crippen LogP contribution in [-0.4, -0.2) is 42.3 Å². The van der Waals surface area contributed by atoms with E-state index in [2.05, 4.69) is 20.3 Å². The third-order valence-corrected chi connectivity index (χ3v) is 6.08. The number of nitrogens with one attached hydrogen (secondary N) is 1. The Balaban J connectivity index is -0.000000644. The second-order valence-electron chi connectivity index (χ2n) is 9.89. The molecule has 0 spiro atoms. The maximum Gasteiger partial charge on any atom is 0.191 e. The SMILES string of the molecule is CC.CC.CC.CC(=O)C(N)c1ccc(N=C(N)N)cc1.CC(=O)C(N)c1ccc(N=C(N)N)cc1.CNC(C(C)=O)c1ccc(N=C(N)N)cc1. The van der Waals surface area contributed by atoms with Gasteiger partial charge in [0, 0.05) is 0 Å². The fraction of sp³-hybridized carbons (Fsp3) is 0.351. The van der Waals surface area contributed by atoms with Crippen LogP contribution in [-0.2, 0) is 14.4 Å². The van der Waals surface area contributed by atoms with Gasteiger partial charge in [-0.1, -0.05) is 77.9 Å². The minimum absolute atomic E-state index is 0.00128. The zero-order chi connectivity index (χ0) is 41.0. The van der Waals surface area contributed by atoms with E-state index in [0.29, 0.717) is 17.1 Å². The van der Waals surface area contributed by atoms with E-state index in [9.17, 15) is 14.4 Å². The van der Waals surface area contributed by atoms with Crippen molar-refractivity contribution in [1.82, 2.24) is 5.32 Å². The first-order valence-corrected chi connectivity index (χ1v) is 16.8. The molecule has 0 aliphatic heterocycles. The Morgan fingerprint density at radius 1 is 0.462 bits per heavy atom. The topological polar surface area (TPSA) is 308 Å². The first-order chi connectivity index (χ1) is 24.5. The number of hydrogen-bond acceptors (Lipinski definition) is 9. The summed E-state index contributed by atoms with van der Waals surface area (Å²) in [5, 5.41) is 2.94. The molecule has 0 aliphatic carbocycles. The summed E-state index contributed by atoms with van der Waals surface area (Å²) in [4.78, 5) is 44.9. The van der Waals surface area contributed by atoms with Gasteiger partial charge in [-0.2, -0.15) is 0 Å². The summed E-state index contributed by atoms with van der Waals surface area (Å²) in [6, 6.07) is 19.5. The van der Waals surface area contributed by atoms with Gasteiger partial charge in [0.25, 0.3) is 0 Å². The van der Waals surface area contributed by atoms with Gasteiger partial charge < -0.3 is 51.2 Å². The van der Waals surface area contributed by atoms with Crippen LogP contribution >= 0.6 is 0 Å². The van der Waals surface area contributed by atoms with E-state index in [1.165, 1.54) is 13.8 Å². The summed E-state index contributed by atoms with van der Waals surface area (Å²) in [5.41, 5.74) is 47.0. The third kappa shape index (κ3) is 21.4. The Bertz CT molecular complexity index is 1450. The number of guanidine groups is 3. The molecule has 17 N–H and O–H groups in total. The van der Waals surface area contributed by atoms with Gasteiger partial charge in [0.05, 0.1) is 35.2 Å². The van der Waals surface area contributed by atoms with Crippen LogP contribution in [0.25, 0.3) is 0 Å². The second-order valence-corrected chi connectivity index (χ2v) is 9.89. The number of hydrogen-bond donors (Lipinski definition) is 9. The van der Waals surface area contributed by atoms with Gasteiger partial charge in [-0.3, -0.25) is 14.4 Å². The number of nitrogens with two attached hydrogens (primary N) is 8. The molecular weight excluding hydrogens is 660 g/mol. The summed E-state index contributed by atoms with van der Waals surface area (Å²) in [5.74, 6) is -0.0759. The molecule has 15 nitrogen and oxygen atoms in total. The highest BCUT2D eigenvalue weighted by molar-refractivity contribution is 5.84. The van der Waals surface area contributed by atoms with Gasteiger partial charge in [-0.15, -0.1) is 0 Å². The van der Waals surface area contributed by atoms with E-state index < -0.39 is 12.1 Å². The van der Waals surface area contributed by atoms with Crippen LogP contribution in [0, 0.1) is 0 Å². The van der Waals surface area contributed by atoms with Crippen molar-refractivity contribution in [2.45, 2.75) is 80.4 Å². The van der Waals surface area contributed by atoms with E-state index >= 15 is 0 Å². The normalized spacial score (nSPS) is 10.8. The number of Topliss-reactive ketones (excluding diaryl/α,β-unsaturated/α-hetero) is 3. The molecule has 3 rings (SSSR count). The van der Waals surface area contributed by atoms with Gasteiger partial charge >= 0.3 is 0 Å². The summed E-state index contributed by atoms with van der Waals surface area (Å²) in [6.45, 7) is 16.5. The molecule has 0 fully saturated rings. The number of carbonyl (C=O) groups excluding carboxylic acids is 3. The lowest BCUT2D eigenvalue weighted by atomic mass is 10.0. The molecule has 0 aromatic heterocycles. The van der Waals surface area contributed by atoms with Crippen LogP contribution in [0.15, 0.2) is 87.8 Å². The molecule has 0 saturated heterocycles. The fourth-order valence-electron chi connectivity index (χ4n) is 3.77. The molecule has 0 aliphatic rings. The zero-order valence-corrected chi connectivity index (χ0v) is 32.3. The number of nitrogens with zero attached hydrogens (tertiary/aromatic N) is 3. The van der Waals surface area contributed by atoms with E-state index in [0.717, 1.165) is 16.7 Å². The molecule has 3 aromatic rings. The predicted molar refractivity (Wildman–Crippen MR) is 217 cm³/mol. The molecular formula is C37H62N12O3. The molecule has 0 radical (unpaired) electrons. The molecule has 15 heteroatoms. The number of likely N-dealkylation sites (N-methyl/N-ethyl adjacent to an activating group) is 1. The summed E-state index contributed by atoms with van der Waals surface area (Å²) in [6.07, 6.45) is 0. The minimum atomic E-state index is -0.585. The van der Waals surface area contributed by atoms with E-state index in [1.54, 1.807) is 74.6 Å². The molecule has 0 amide bonds. The maximum absolute atomic E-state index is 11.3. The molecule has 0 bridgehead atoms. The van der Waals surface area contributed by atoms with E-state index in [4.69, 9.17) is 45.9 Å². The standard InChI is InChI=1S/C11H16N4O.2C10H14N4O.3C2H6/c1-7(16)10(14-2)8-3-5-9(6-4-8)15-11(12)13;2*1-6(15)9(11)7-2-4-8(5-3-7)14-10(12)13;3*1-2/h3-6,10,14H,1-2H3,(H4,12,13,15);2*2-5,9H,11H2,1H3,(H4,12,13,14);3*1-2H3. The summed E-state index contributed by atoms with van der Waals surface area (Å²) >= 11 is 0. The lowest BCUT2D eigenvalue weighted by molar-refractivity contribution is -0.119. The Labute approximate surface area is 309 Å². The predicted octanol–water partition coefficient (Wildman–Crippen LogP) is 3.88. The van der Waals surface area contributed by atoms with Gasteiger partial charge in [-0.05, 0) is 80.9 Å². The molecule has 3 unspecified atom stereocenters. The molecule has 0 heterocycles. The van der Waals surface area contributed by atoms with E-state index in [1.807, 2.05) is 53.7 Å². The van der Waals surface area contributed by atoms with Crippen LogP contribution in [0.4, 0.5) is 17.1 Å². The molecule has 52 heavy (non-hydrogen) atoms. The smallest absolute Gasteiger partial charge is 0.191 e. The van der Waals surface area contributed by atoms with Crippen LogP contribution in [0.2, 0.25) is 0 Å². The Morgan fingerprint density at radius 3 is 0.865 bits per heavy atom. The van der Waals surface area contributed by atoms with Crippen molar-refractivity contribution in [3.05, 3.63) is 89.5 Å². The van der Waals surface area contributed by atoms with Crippen LogP contribution in [0.1, 0.15) is 97.1 Å². The van der Waals surface area contributed by atoms with Crippen molar-refractivity contribution in [2.75, 3.05) is 7.05 Å². The number of carbonyl (C=O) groups is 3. The van der Waals surface area contributed by atoms with Gasteiger partial charge in [0.2, 0.25) is 0 Å². The molecule has 3 aromatic carbocycles. The number of ketones is 3. The highest BCUT2D eigenvalue weighted by atomic mass is 16.1. The maximum atomic E-state index is 11.3. The number of rotatable bonds is 10. The van der Waals surface area contributed by atoms with Crippen molar-refractivity contribution >= 4 is 52.3 Å². The van der Waals surface area contributed by atoms with E-state index in [-0.39, 0.29) is 41.3 Å². The zero-order valence-electron chi connectivity index (χ0n) is 32.3. The quantitative estimate of drug-likeness (QED) is 0.106. The lowest BCUT2D eigenvalue weighted by Gasteiger charge is -2.12. The van der Waals surface area contributed by atoms with Gasteiger partial charge in [0.1, 0.15) is 0 Å². The number of aliphatic imine (C=N–C) groups is 3. The lowest BCUT2D eigenvalue weighted by Crippen LogP contribution is -2.23. The largest absolute Gasteiger partial charge is 0.370 e. The first kappa shape index (κ1) is 50.7. The fourth-order valence-corrected chi connectivity index (χ4v) is 3.77. The first-order valence-electron chi connectivity index (χ1n) is 16.8. The Morgan fingerprint density at radius 2 is 0.692 bits per heavy atom. The van der Waals surface area contributed by atoms with Crippen molar-refractivity contribution in [3.8, 4) is 0 Å². The Kier molecular flexibility index (Phi) is 28.4. The summed E-state index contributed by atoms with van der Waals surface area (Å²) < 4.78 is 0. The Hall–Kier alpha value is -5.64. The van der Waals surface area contributed by atoms with Gasteiger partial charge in [0.15, 0.2) is 35.2 Å². The van der Waals surface area contributed by atoms with Crippen molar-refractivity contribution < 1.29 is 14.4 Å². The molecule has 0 saturated carbocycles. The van der Waals surface area contributed by atoms with Crippen molar-refractivity contribution in [3.63, 3.8) is 0 Å². The summed E-state index contributed by atoms with van der Waals surface area (Å²) in [7, 11) is 1.75. The average Bonchev–Trinajstić information content (AvgIpc) is 3.11. The average molecular weight is 723 g/mol. The van der Waals surface area contributed by atoms with Crippen LogP contribution < -0.4 is 51.2 Å². The monoisotopic (exact) mass is 723 g/mol. The highest BCUT2D eigenvalue weighted by Crippen LogP contribution is 2.19. The minimum Gasteiger partial charge on any atom is -0.370 e. The second kappa shape index (κ2) is 29.1.